The lowest BCUT2D eigenvalue weighted by Gasteiger charge is -2.39. The van der Waals surface area contributed by atoms with Crippen molar-refractivity contribution in [3.63, 3.8) is 0 Å². The first kappa shape index (κ1) is 16.0. The molecule has 1 aliphatic heterocycles. The summed E-state index contributed by atoms with van der Waals surface area (Å²) in [5.41, 5.74) is -0.563. The van der Waals surface area contributed by atoms with E-state index in [1.165, 1.54) is 6.42 Å². The Balaban J connectivity index is 2.52. The van der Waals surface area contributed by atoms with Gasteiger partial charge in [-0.1, -0.05) is 13.8 Å². The predicted molar refractivity (Wildman–Crippen MR) is 73.8 cm³/mol. The number of likely N-dealkylation sites (tertiary alicyclic amines) is 1. The molecule has 1 fully saturated rings. The van der Waals surface area contributed by atoms with E-state index in [1.54, 1.807) is 0 Å². The van der Waals surface area contributed by atoms with E-state index in [9.17, 15) is 9.59 Å². The van der Waals surface area contributed by atoms with Crippen LogP contribution in [0.1, 0.15) is 34.1 Å². The highest BCUT2D eigenvalue weighted by molar-refractivity contribution is 5.85. The molecule has 1 aliphatic rings. The Bertz CT molecular complexity index is 332. The Morgan fingerprint density at radius 2 is 1.79 bits per heavy atom. The molecule has 0 aromatic carbocycles. The molecule has 0 spiro atoms. The summed E-state index contributed by atoms with van der Waals surface area (Å²) in [5.74, 6) is 0.105. The molecule has 2 unspecified atom stereocenters. The fourth-order valence-corrected chi connectivity index (χ4v) is 2.95. The van der Waals surface area contributed by atoms with Crippen LogP contribution in [0.3, 0.4) is 0 Å². The molecule has 5 nitrogen and oxygen atoms in total. The van der Waals surface area contributed by atoms with Crippen molar-refractivity contribution in [3.8, 4) is 0 Å². The molecule has 2 N–H and O–H groups in total. The van der Waals surface area contributed by atoms with Gasteiger partial charge in [-0.25, -0.2) is 0 Å². The zero-order valence-electron chi connectivity index (χ0n) is 12.4. The van der Waals surface area contributed by atoms with E-state index in [1.807, 2.05) is 13.8 Å². The van der Waals surface area contributed by atoms with Crippen molar-refractivity contribution >= 4 is 11.9 Å². The Morgan fingerprint density at radius 3 is 2.26 bits per heavy atom. The van der Waals surface area contributed by atoms with E-state index in [4.69, 9.17) is 5.11 Å². The fraction of sp³-hybridized carbons (Fsp3) is 0.857. The third-order valence-electron chi connectivity index (χ3n) is 3.58. The monoisotopic (exact) mass is 270 g/mol. The van der Waals surface area contributed by atoms with Crippen LogP contribution in [0.5, 0.6) is 0 Å². The molecule has 0 bridgehead atoms. The SMILES string of the molecule is CC1CC(C)CN(CC(C)(C)C(=O)NCC(=O)O)C1. The summed E-state index contributed by atoms with van der Waals surface area (Å²) < 4.78 is 0. The van der Waals surface area contributed by atoms with Gasteiger partial charge in [-0.2, -0.15) is 0 Å². The summed E-state index contributed by atoms with van der Waals surface area (Å²) in [6.45, 7) is 10.6. The number of carboxylic acid groups (broad SMARTS) is 1. The first-order valence-corrected chi connectivity index (χ1v) is 6.93. The minimum Gasteiger partial charge on any atom is -0.480 e. The van der Waals surface area contributed by atoms with Crippen LogP contribution in [-0.2, 0) is 9.59 Å². The fourth-order valence-electron chi connectivity index (χ4n) is 2.95. The number of nitrogens with one attached hydrogen (secondary N) is 1. The first-order chi connectivity index (χ1) is 8.70. The lowest BCUT2D eigenvalue weighted by molar-refractivity contribution is -0.140. The van der Waals surface area contributed by atoms with Crippen LogP contribution in [-0.4, -0.2) is 48.1 Å². The van der Waals surface area contributed by atoms with Gasteiger partial charge in [-0.15, -0.1) is 0 Å². The molecule has 0 radical (unpaired) electrons. The van der Waals surface area contributed by atoms with E-state index in [-0.39, 0.29) is 12.5 Å². The smallest absolute Gasteiger partial charge is 0.322 e. The van der Waals surface area contributed by atoms with Crippen molar-refractivity contribution in [2.75, 3.05) is 26.2 Å². The molecule has 1 rings (SSSR count). The number of amides is 1. The summed E-state index contributed by atoms with van der Waals surface area (Å²) >= 11 is 0. The van der Waals surface area contributed by atoms with Crippen LogP contribution < -0.4 is 5.32 Å². The van der Waals surface area contributed by atoms with E-state index < -0.39 is 11.4 Å². The summed E-state index contributed by atoms with van der Waals surface area (Å²) in [6.07, 6.45) is 1.24. The number of hydrogen-bond acceptors (Lipinski definition) is 3. The van der Waals surface area contributed by atoms with Gasteiger partial charge in [-0.3, -0.25) is 9.59 Å². The Kier molecular flexibility index (Phi) is 5.35. The molecule has 1 heterocycles. The van der Waals surface area contributed by atoms with Crippen LogP contribution in [0.2, 0.25) is 0 Å². The Morgan fingerprint density at radius 1 is 1.26 bits per heavy atom. The topological polar surface area (TPSA) is 69.6 Å². The molecule has 0 aromatic rings. The van der Waals surface area contributed by atoms with Crippen molar-refractivity contribution in [2.24, 2.45) is 17.3 Å². The Labute approximate surface area is 115 Å². The van der Waals surface area contributed by atoms with Crippen LogP contribution in [0, 0.1) is 17.3 Å². The number of aliphatic carboxylic acids is 1. The predicted octanol–water partition coefficient (Wildman–Crippen LogP) is 1.19. The van der Waals surface area contributed by atoms with E-state index >= 15 is 0 Å². The van der Waals surface area contributed by atoms with Crippen molar-refractivity contribution in [2.45, 2.75) is 34.1 Å². The molecule has 2 atom stereocenters. The van der Waals surface area contributed by atoms with Gasteiger partial charge in [0.15, 0.2) is 0 Å². The highest BCUT2D eigenvalue weighted by atomic mass is 16.4. The van der Waals surface area contributed by atoms with Gasteiger partial charge in [-0.05, 0) is 32.1 Å². The maximum absolute atomic E-state index is 12.0. The van der Waals surface area contributed by atoms with Gasteiger partial charge < -0.3 is 15.3 Å². The zero-order valence-corrected chi connectivity index (χ0v) is 12.4. The number of carbonyl (C=O) groups excluding carboxylic acids is 1. The molecule has 5 heteroatoms. The normalized spacial score (nSPS) is 25.1. The lowest BCUT2D eigenvalue weighted by atomic mass is 9.87. The first-order valence-electron chi connectivity index (χ1n) is 6.93. The number of hydrogen-bond donors (Lipinski definition) is 2. The van der Waals surface area contributed by atoms with Crippen molar-refractivity contribution < 1.29 is 14.7 Å². The second-order valence-corrected chi connectivity index (χ2v) is 6.60. The highest BCUT2D eigenvalue weighted by Crippen LogP contribution is 2.25. The second-order valence-electron chi connectivity index (χ2n) is 6.60. The molecule has 1 amide bonds. The molecule has 0 aliphatic carbocycles. The number of piperidine rings is 1. The van der Waals surface area contributed by atoms with Crippen LogP contribution in [0.25, 0.3) is 0 Å². The lowest BCUT2D eigenvalue weighted by Crippen LogP contribution is -2.49. The quantitative estimate of drug-likeness (QED) is 0.787. The number of carbonyl (C=O) groups is 2. The van der Waals surface area contributed by atoms with Crippen molar-refractivity contribution in [1.82, 2.24) is 10.2 Å². The summed E-state index contributed by atoms with van der Waals surface area (Å²) in [7, 11) is 0. The zero-order chi connectivity index (χ0) is 14.6. The van der Waals surface area contributed by atoms with Gasteiger partial charge >= 0.3 is 5.97 Å². The average molecular weight is 270 g/mol. The Hall–Kier alpha value is -1.10. The molecule has 0 aromatic heterocycles. The molecule has 110 valence electrons. The highest BCUT2D eigenvalue weighted by Gasteiger charge is 2.32. The van der Waals surface area contributed by atoms with Gasteiger partial charge in [0.25, 0.3) is 0 Å². The van der Waals surface area contributed by atoms with Gasteiger partial charge in [0.1, 0.15) is 6.54 Å². The van der Waals surface area contributed by atoms with Crippen molar-refractivity contribution in [1.29, 1.82) is 0 Å². The molecule has 1 saturated heterocycles. The molecule has 0 saturated carbocycles. The molecular formula is C14H26N2O3. The third-order valence-corrected chi connectivity index (χ3v) is 3.58. The summed E-state index contributed by atoms with van der Waals surface area (Å²) in [6, 6.07) is 0. The number of nitrogens with zero attached hydrogens (tertiary/aromatic N) is 1. The minimum absolute atomic E-state index is 0.194. The number of rotatable bonds is 5. The maximum Gasteiger partial charge on any atom is 0.322 e. The standard InChI is InChI=1S/C14H26N2O3/c1-10-5-11(2)8-16(7-10)9-14(3,4)13(19)15-6-12(17)18/h10-11H,5-9H2,1-4H3,(H,15,19)(H,17,18). The summed E-state index contributed by atoms with van der Waals surface area (Å²) in [4.78, 5) is 24.8. The van der Waals surface area contributed by atoms with E-state index in [0.29, 0.717) is 18.4 Å². The second kappa shape index (κ2) is 6.37. The van der Waals surface area contributed by atoms with Gasteiger partial charge in [0, 0.05) is 19.6 Å². The third kappa shape index (κ3) is 5.19. The van der Waals surface area contributed by atoms with Crippen molar-refractivity contribution in [3.05, 3.63) is 0 Å². The average Bonchev–Trinajstić information content (AvgIpc) is 2.23. The van der Waals surface area contributed by atoms with E-state index in [2.05, 4.69) is 24.1 Å². The minimum atomic E-state index is -1.01. The van der Waals surface area contributed by atoms with Gasteiger partial charge in [0.05, 0.1) is 5.41 Å². The largest absolute Gasteiger partial charge is 0.480 e. The van der Waals surface area contributed by atoms with Crippen LogP contribution >= 0.6 is 0 Å². The van der Waals surface area contributed by atoms with Crippen LogP contribution in [0.15, 0.2) is 0 Å². The van der Waals surface area contributed by atoms with E-state index in [0.717, 1.165) is 13.1 Å². The number of carboxylic acids is 1. The van der Waals surface area contributed by atoms with Gasteiger partial charge in [0.2, 0.25) is 5.91 Å². The molecular weight excluding hydrogens is 244 g/mol. The molecule has 19 heavy (non-hydrogen) atoms. The van der Waals surface area contributed by atoms with Crippen LogP contribution in [0.4, 0.5) is 0 Å². The maximum atomic E-state index is 12.0. The summed E-state index contributed by atoms with van der Waals surface area (Å²) in [5, 5.41) is 11.1.